The zero-order valence-corrected chi connectivity index (χ0v) is 9.52. The topological polar surface area (TPSA) is 39.2 Å². The van der Waals surface area contributed by atoms with E-state index in [1.807, 2.05) is 0 Å². The summed E-state index contributed by atoms with van der Waals surface area (Å²) in [7, 11) is 0. The lowest BCUT2D eigenvalue weighted by Crippen LogP contribution is -2.05. The summed E-state index contributed by atoms with van der Waals surface area (Å²) < 4.78 is 43.7. The smallest absolute Gasteiger partial charge is 0.417 e. The van der Waals surface area contributed by atoms with Crippen molar-refractivity contribution >= 4 is 26.9 Å². The molecule has 2 rings (SSSR count). The van der Waals surface area contributed by atoms with E-state index in [-0.39, 0.29) is 17.5 Å². The molecule has 0 aliphatic heterocycles. The Hall–Kier alpha value is -1.01. The number of hydrogen-bond donors (Lipinski definition) is 1. The second kappa shape index (κ2) is 3.78. The molecule has 0 atom stereocenters. The number of furan rings is 1. The summed E-state index contributed by atoms with van der Waals surface area (Å²) in [5.41, 5.74) is 4.78. The summed E-state index contributed by atoms with van der Waals surface area (Å²) in [6, 6.07) is 3.84. The van der Waals surface area contributed by atoms with Gasteiger partial charge in [-0.25, -0.2) is 0 Å². The van der Waals surface area contributed by atoms with Crippen molar-refractivity contribution in [2.75, 3.05) is 0 Å². The van der Waals surface area contributed by atoms with Crippen molar-refractivity contribution in [3.63, 3.8) is 0 Å². The first-order valence-electron chi connectivity index (χ1n) is 4.41. The van der Waals surface area contributed by atoms with Crippen molar-refractivity contribution < 1.29 is 17.6 Å². The lowest BCUT2D eigenvalue weighted by Gasteiger charge is -2.07. The summed E-state index contributed by atoms with van der Waals surface area (Å²) in [5, 5.41) is 0.0381. The van der Waals surface area contributed by atoms with Gasteiger partial charge in [0.05, 0.1) is 12.1 Å². The lowest BCUT2D eigenvalue weighted by atomic mass is 10.1. The lowest BCUT2D eigenvalue weighted by molar-refractivity contribution is -0.136. The van der Waals surface area contributed by atoms with Crippen LogP contribution >= 0.6 is 15.9 Å². The number of rotatable bonds is 1. The molecular formula is C10H7BrF3NO. The molecule has 1 heterocycles. The normalized spacial score (nSPS) is 12.3. The van der Waals surface area contributed by atoms with E-state index in [0.29, 0.717) is 10.2 Å². The third kappa shape index (κ3) is 1.94. The highest BCUT2D eigenvalue weighted by Gasteiger charge is 2.33. The summed E-state index contributed by atoms with van der Waals surface area (Å²) in [5.74, 6) is 0.332. The fourth-order valence-corrected chi connectivity index (χ4v) is 1.93. The van der Waals surface area contributed by atoms with Gasteiger partial charge in [0.15, 0.2) is 0 Å². The maximum atomic E-state index is 12.7. The molecule has 2 aromatic rings. The Morgan fingerprint density at radius 1 is 1.25 bits per heavy atom. The van der Waals surface area contributed by atoms with Crippen LogP contribution in [-0.4, -0.2) is 0 Å². The number of hydrogen-bond acceptors (Lipinski definition) is 2. The third-order valence-electron chi connectivity index (χ3n) is 2.16. The predicted octanol–water partition coefficient (Wildman–Crippen LogP) is 3.67. The molecule has 86 valence electrons. The molecule has 6 heteroatoms. The first-order valence-corrected chi connectivity index (χ1v) is 5.20. The molecular weight excluding hydrogens is 287 g/mol. The van der Waals surface area contributed by atoms with Crippen molar-refractivity contribution in [1.29, 1.82) is 0 Å². The van der Waals surface area contributed by atoms with Crippen LogP contribution in [0.25, 0.3) is 11.0 Å². The highest BCUT2D eigenvalue weighted by Crippen LogP contribution is 2.38. The van der Waals surface area contributed by atoms with Gasteiger partial charge in [0.1, 0.15) is 11.3 Å². The first kappa shape index (κ1) is 11.5. The highest BCUT2D eigenvalue weighted by molar-refractivity contribution is 9.10. The van der Waals surface area contributed by atoms with Gasteiger partial charge in [-0.05, 0) is 18.2 Å². The van der Waals surface area contributed by atoms with Crippen molar-refractivity contribution in [2.24, 2.45) is 5.73 Å². The molecule has 2 N–H and O–H groups in total. The van der Waals surface area contributed by atoms with Gasteiger partial charge >= 0.3 is 6.18 Å². The zero-order chi connectivity index (χ0) is 11.9. The largest absolute Gasteiger partial charge is 0.460 e. The molecule has 16 heavy (non-hydrogen) atoms. The maximum Gasteiger partial charge on any atom is 0.417 e. The molecule has 1 aromatic heterocycles. The first-order chi connectivity index (χ1) is 7.41. The van der Waals surface area contributed by atoms with Crippen LogP contribution in [-0.2, 0) is 12.7 Å². The van der Waals surface area contributed by atoms with Crippen LogP contribution in [0.2, 0.25) is 0 Å². The second-order valence-electron chi connectivity index (χ2n) is 3.28. The fraction of sp³-hybridized carbons (Fsp3) is 0.200. The molecule has 1 aromatic carbocycles. The van der Waals surface area contributed by atoms with Gasteiger partial charge in [-0.15, -0.1) is 0 Å². The van der Waals surface area contributed by atoms with Gasteiger partial charge in [0.25, 0.3) is 0 Å². The van der Waals surface area contributed by atoms with E-state index >= 15 is 0 Å². The number of nitrogens with two attached hydrogens (primary N) is 1. The van der Waals surface area contributed by atoms with Gasteiger partial charge in [0.2, 0.25) is 0 Å². The van der Waals surface area contributed by atoms with E-state index in [2.05, 4.69) is 15.9 Å². The Kier molecular flexibility index (Phi) is 2.71. The van der Waals surface area contributed by atoms with E-state index in [4.69, 9.17) is 10.2 Å². The minimum atomic E-state index is -4.40. The average molecular weight is 294 g/mol. The third-order valence-corrected chi connectivity index (χ3v) is 2.62. The Bertz CT molecular complexity index is 533. The van der Waals surface area contributed by atoms with Crippen LogP contribution in [0.3, 0.4) is 0 Å². The Morgan fingerprint density at radius 3 is 2.50 bits per heavy atom. The van der Waals surface area contributed by atoms with E-state index in [9.17, 15) is 13.2 Å². The Balaban J connectivity index is 2.76. The van der Waals surface area contributed by atoms with Gasteiger partial charge in [-0.3, -0.25) is 0 Å². The van der Waals surface area contributed by atoms with Crippen LogP contribution in [0.1, 0.15) is 11.3 Å². The highest BCUT2D eigenvalue weighted by atomic mass is 79.9. The molecule has 0 amide bonds. The van der Waals surface area contributed by atoms with Gasteiger partial charge in [-0.1, -0.05) is 15.9 Å². The minimum absolute atomic E-state index is 0.0381. The zero-order valence-electron chi connectivity index (χ0n) is 7.94. The van der Waals surface area contributed by atoms with E-state index < -0.39 is 11.7 Å². The predicted molar refractivity (Wildman–Crippen MR) is 56.8 cm³/mol. The minimum Gasteiger partial charge on any atom is -0.460 e. The average Bonchev–Trinajstić information content (AvgIpc) is 2.57. The van der Waals surface area contributed by atoms with Crippen molar-refractivity contribution in [3.05, 3.63) is 34.0 Å². The van der Waals surface area contributed by atoms with Crippen LogP contribution in [0.5, 0.6) is 0 Å². The van der Waals surface area contributed by atoms with Crippen LogP contribution in [0.4, 0.5) is 13.2 Å². The fourth-order valence-electron chi connectivity index (χ4n) is 1.49. The maximum absolute atomic E-state index is 12.7. The second-order valence-corrected chi connectivity index (χ2v) is 4.20. The van der Waals surface area contributed by atoms with Gasteiger partial charge in [-0.2, -0.15) is 13.2 Å². The van der Waals surface area contributed by atoms with Gasteiger partial charge < -0.3 is 10.2 Å². The standard InChI is InChI=1S/C10H7BrF3NO/c11-5-1-8(10(12,13)14)7-3-6(4-15)16-9(7)2-5/h1-3H,4,15H2. The van der Waals surface area contributed by atoms with Crippen molar-refractivity contribution in [2.45, 2.75) is 12.7 Å². The molecule has 0 unspecified atom stereocenters. The van der Waals surface area contributed by atoms with E-state index in [1.54, 1.807) is 0 Å². The Morgan fingerprint density at radius 2 is 1.94 bits per heavy atom. The van der Waals surface area contributed by atoms with Crippen LogP contribution in [0.15, 0.2) is 27.1 Å². The quantitative estimate of drug-likeness (QED) is 0.871. The van der Waals surface area contributed by atoms with E-state index in [0.717, 1.165) is 6.07 Å². The monoisotopic (exact) mass is 293 g/mol. The molecule has 0 fully saturated rings. The molecule has 0 saturated heterocycles. The molecule has 2 nitrogen and oxygen atoms in total. The summed E-state index contributed by atoms with van der Waals surface area (Å²) in [4.78, 5) is 0. The molecule has 0 bridgehead atoms. The van der Waals surface area contributed by atoms with E-state index in [1.165, 1.54) is 12.1 Å². The molecule has 0 saturated carbocycles. The Labute approximate surface area is 97.3 Å². The molecule has 0 aliphatic rings. The van der Waals surface area contributed by atoms with Crippen LogP contribution < -0.4 is 5.73 Å². The van der Waals surface area contributed by atoms with Gasteiger partial charge in [0, 0.05) is 9.86 Å². The van der Waals surface area contributed by atoms with Crippen LogP contribution in [0, 0.1) is 0 Å². The molecule has 0 radical (unpaired) electrons. The molecule has 0 spiro atoms. The number of benzene rings is 1. The summed E-state index contributed by atoms with van der Waals surface area (Å²) >= 11 is 3.02. The van der Waals surface area contributed by atoms with Crippen molar-refractivity contribution in [3.8, 4) is 0 Å². The van der Waals surface area contributed by atoms with Crippen molar-refractivity contribution in [1.82, 2.24) is 0 Å². The summed E-state index contributed by atoms with van der Waals surface area (Å²) in [6.45, 7) is 0.0730. The number of fused-ring (bicyclic) bond motifs is 1. The summed E-state index contributed by atoms with van der Waals surface area (Å²) in [6.07, 6.45) is -4.40. The molecule has 0 aliphatic carbocycles. The number of alkyl halides is 3. The number of halogens is 4. The SMILES string of the molecule is NCc1cc2c(C(F)(F)F)cc(Br)cc2o1.